The molecule has 0 aromatic carbocycles. The fourth-order valence-corrected chi connectivity index (χ4v) is 5.96. The summed E-state index contributed by atoms with van der Waals surface area (Å²) in [6, 6.07) is 0. The second-order valence-electron chi connectivity index (χ2n) is 6.91. The highest BCUT2D eigenvalue weighted by atomic mass is 32.2. The number of aromatic nitrogens is 2. The highest BCUT2D eigenvalue weighted by Crippen LogP contribution is 2.36. The number of hydrogen-bond donors (Lipinski definition) is 0. The van der Waals surface area contributed by atoms with Gasteiger partial charge in [-0.3, -0.25) is 9.36 Å². The molecular weight excluding hydrogens is 340 g/mol. The lowest BCUT2D eigenvalue weighted by molar-refractivity contribution is 0.0937. The fraction of sp³-hybridized carbons (Fsp3) is 0.667. The Balaban J connectivity index is 1.84. The van der Waals surface area contributed by atoms with Crippen molar-refractivity contribution in [1.29, 1.82) is 0 Å². The molecule has 1 aliphatic heterocycles. The van der Waals surface area contributed by atoms with Gasteiger partial charge >= 0.3 is 0 Å². The second-order valence-corrected chi connectivity index (χ2v) is 9.22. The van der Waals surface area contributed by atoms with Gasteiger partial charge in [0, 0.05) is 11.5 Å². The third-order valence-corrected chi connectivity index (χ3v) is 7.07. The van der Waals surface area contributed by atoms with Gasteiger partial charge in [-0.25, -0.2) is 4.98 Å². The Morgan fingerprint density at radius 1 is 1.42 bits per heavy atom. The largest absolute Gasteiger partial charge is 0.376 e. The summed E-state index contributed by atoms with van der Waals surface area (Å²) in [5, 5.41) is 1.75. The van der Waals surface area contributed by atoms with Gasteiger partial charge in [0.15, 0.2) is 5.16 Å². The monoisotopic (exact) mass is 364 g/mol. The molecule has 3 heterocycles. The number of nitrogens with zero attached hydrogens (tertiary/aromatic N) is 2. The Hall–Kier alpha value is -0.850. The maximum atomic E-state index is 13.3. The van der Waals surface area contributed by atoms with Crippen molar-refractivity contribution in [1.82, 2.24) is 9.55 Å². The molecule has 2 aromatic heterocycles. The first-order valence-corrected chi connectivity index (χ1v) is 10.8. The molecule has 0 radical (unpaired) electrons. The van der Waals surface area contributed by atoms with Crippen LogP contribution in [0.4, 0.5) is 0 Å². The molecule has 6 heteroatoms. The second kappa shape index (κ2) is 6.81. The molecule has 2 aromatic rings. The standard InChI is InChI=1S/C18H24N2O2S2/c1-3-23-18-19-16-15(13-7-6-11(2)9-14(13)24-16)17(21)20(18)10-12-5-4-8-22-12/h11-12H,3-10H2,1-2H3/t11-,12-/m1/s1. The third kappa shape index (κ3) is 2.93. The van der Waals surface area contributed by atoms with Crippen LogP contribution < -0.4 is 5.56 Å². The maximum Gasteiger partial charge on any atom is 0.263 e. The molecule has 0 N–H and O–H groups in total. The lowest BCUT2D eigenvalue weighted by Crippen LogP contribution is -2.29. The molecule has 0 amide bonds. The number of thioether (sulfide) groups is 1. The number of rotatable bonds is 4. The van der Waals surface area contributed by atoms with Gasteiger partial charge in [-0.2, -0.15) is 0 Å². The number of thiophene rings is 1. The minimum absolute atomic E-state index is 0.151. The highest BCUT2D eigenvalue weighted by molar-refractivity contribution is 7.99. The molecule has 0 spiro atoms. The minimum Gasteiger partial charge on any atom is -0.376 e. The van der Waals surface area contributed by atoms with Crippen molar-refractivity contribution in [3.05, 3.63) is 20.8 Å². The summed E-state index contributed by atoms with van der Waals surface area (Å²) in [5.41, 5.74) is 1.43. The summed E-state index contributed by atoms with van der Waals surface area (Å²) >= 11 is 3.40. The van der Waals surface area contributed by atoms with Gasteiger partial charge in [0.25, 0.3) is 5.56 Å². The zero-order valence-corrected chi connectivity index (χ0v) is 16.0. The molecular formula is C18H24N2O2S2. The average molecular weight is 365 g/mol. The smallest absolute Gasteiger partial charge is 0.263 e. The molecule has 1 fully saturated rings. The molecule has 2 aliphatic rings. The number of aryl methyl sites for hydroxylation is 1. The van der Waals surface area contributed by atoms with Crippen LogP contribution in [0.5, 0.6) is 0 Å². The van der Waals surface area contributed by atoms with Gasteiger partial charge in [0.2, 0.25) is 0 Å². The van der Waals surface area contributed by atoms with Crippen LogP contribution in [-0.2, 0) is 24.1 Å². The quantitative estimate of drug-likeness (QED) is 0.610. The van der Waals surface area contributed by atoms with Crippen molar-refractivity contribution < 1.29 is 4.74 Å². The van der Waals surface area contributed by atoms with Crippen LogP contribution in [0.15, 0.2) is 9.95 Å². The van der Waals surface area contributed by atoms with Crippen LogP contribution in [0, 0.1) is 5.92 Å². The van der Waals surface area contributed by atoms with Gasteiger partial charge in [-0.15, -0.1) is 11.3 Å². The van der Waals surface area contributed by atoms with Crippen molar-refractivity contribution in [2.24, 2.45) is 5.92 Å². The number of hydrogen-bond acceptors (Lipinski definition) is 5. The van der Waals surface area contributed by atoms with E-state index in [0.29, 0.717) is 12.5 Å². The molecule has 130 valence electrons. The van der Waals surface area contributed by atoms with Crippen molar-refractivity contribution in [2.45, 2.75) is 63.8 Å². The van der Waals surface area contributed by atoms with Crippen molar-refractivity contribution >= 4 is 33.3 Å². The average Bonchev–Trinajstić information content (AvgIpc) is 3.17. The van der Waals surface area contributed by atoms with Crippen LogP contribution in [0.25, 0.3) is 10.2 Å². The van der Waals surface area contributed by atoms with E-state index in [1.54, 1.807) is 23.1 Å². The molecule has 0 bridgehead atoms. The zero-order chi connectivity index (χ0) is 16.7. The maximum absolute atomic E-state index is 13.3. The van der Waals surface area contributed by atoms with Crippen molar-refractivity contribution in [2.75, 3.05) is 12.4 Å². The third-order valence-electron chi connectivity index (χ3n) is 5.06. The van der Waals surface area contributed by atoms with Gasteiger partial charge in [-0.1, -0.05) is 25.6 Å². The predicted molar refractivity (Wildman–Crippen MR) is 100 cm³/mol. The lowest BCUT2D eigenvalue weighted by atomic mass is 9.89. The minimum atomic E-state index is 0.151. The Kier molecular flexibility index (Phi) is 4.71. The van der Waals surface area contributed by atoms with Gasteiger partial charge < -0.3 is 4.74 Å². The summed E-state index contributed by atoms with van der Waals surface area (Å²) in [4.78, 5) is 20.5. The summed E-state index contributed by atoms with van der Waals surface area (Å²) in [7, 11) is 0. The molecule has 1 saturated heterocycles. The molecule has 0 saturated carbocycles. The van der Waals surface area contributed by atoms with E-state index in [2.05, 4.69) is 13.8 Å². The zero-order valence-electron chi connectivity index (χ0n) is 14.3. The topological polar surface area (TPSA) is 44.1 Å². The predicted octanol–water partition coefficient (Wildman–Crippen LogP) is 3.87. The molecule has 2 atom stereocenters. The van der Waals surface area contributed by atoms with Crippen LogP contribution >= 0.6 is 23.1 Å². The van der Waals surface area contributed by atoms with Gasteiger partial charge in [-0.05, 0) is 49.3 Å². The SMILES string of the molecule is CCSc1nc2sc3c(c2c(=O)n1C[C@H]1CCCO1)CC[C@@H](C)C3. The summed E-state index contributed by atoms with van der Waals surface area (Å²) in [6.45, 7) is 5.87. The first kappa shape index (κ1) is 16.6. The van der Waals surface area contributed by atoms with Crippen molar-refractivity contribution in [3.8, 4) is 0 Å². The van der Waals surface area contributed by atoms with Crippen LogP contribution in [0.2, 0.25) is 0 Å². The van der Waals surface area contributed by atoms with E-state index in [9.17, 15) is 4.79 Å². The Bertz CT molecular complexity index is 805. The van der Waals surface area contributed by atoms with E-state index >= 15 is 0 Å². The Morgan fingerprint density at radius 3 is 3.04 bits per heavy atom. The molecule has 4 nitrogen and oxygen atoms in total. The van der Waals surface area contributed by atoms with E-state index in [0.717, 1.165) is 53.4 Å². The van der Waals surface area contributed by atoms with Crippen LogP contribution in [0.3, 0.4) is 0 Å². The molecule has 1 aliphatic carbocycles. The Labute approximate surface area is 150 Å². The summed E-state index contributed by atoms with van der Waals surface area (Å²) in [5.74, 6) is 1.63. The molecule has 0 unspecified atom stereocenters. The van der Waals surface area contributed by atoms with Gasteiger partial charge in [0.05, 0.1) is 18.0 Å². The first-order valence-electron chi connectivity index (χ1n) is 8.96. The molecule has 4 rings (SSSR count). The van der Waals surface area contributed by atoms with E-state index < -0.39 is 0 Å². The number of ether oxygens (including phenoxy) is 1. The summed E-state index contributed by atoms with van der Waals surface area (Å²) in [6.07, 6.45) is 5.59. The van der Waals surface area contributed by atoms with Crippen LogP contribution in [0.1, 0.15) is 43.6 Å². The highest BCUT2D eigenvalue weighted by Gasteiger charge is 2.26. The van der Waals surface area contributed by atoms with E-state index in [-0.39, 0.29) is 11.7 Å². The van der Waals surface area contributed by atoms with E-state index in [4.69, 9.17) is 9.72 Å². The lowest BCUT2D eigenvalue weighted by Gasteiger charge is -2.18. The van der Waals surface area contributed by atoms with E-state index in [1.807, 2.05) is 4.57 Å². The number of fused-ring (bicyclic) bond motifs is 3. The normalized spacial score (nSPS) is 23.8. The first-order chi connectivity index (χ1) is 11.7. The van der Waals surface area contributed by atoms with Gasteiger partial charge in [0.1, 0.15) is 4.83 Å². The van der Waals surface area contributed by atoms with Crippen LogP contribution in [-0.4, -0.2) is 28.0 Å². The Morgan fingerprint density at radius 2 is 2.29 bits per heavy atom. The fourth-order valence-electron chi connectivity index (χ4n) is 3.80. The molecule has 24 heavy (non-hydrogen) atoms. The van der Waals surface area contributed by atoms with E-state index in [1.165, 1.54) is 16.9 Å². The van der Waals surface area contributed by atoms with Crippen molar-refractivity contribution in [3.63, 3.8) is 0 Å². The summed E-state index contributed by atoms with van der Waals surface area (Å²) < 4.78 is 7.66.